The van der Waals surface area contributed by atoms with Gasteiger partial charge in [-0.1, -0.05) is 43.7 Å². The van der Waals surface area contributed by atoms with Crippen LogP contribution in [0.25, 0.3) is 0 Å². The summed E-state index contributed by atoms with van der Waals surface area (Å²) < 4.78 is 0. The van der Waals surface area contributed by atoms with Gasteiger partial charge in [0.05, 0.1) is 0 Å². The summed E-state index contributed by atoms with van der Waals surface area (Å²) in [4.78, 5) is 11.7. The largest absolute Gasteiger partial charge is 0.314 e. The van der Waals surface area contributed by atoms with E-state index in [1.54, 1.807) is 0 Å². The minimum atomic E-state index is 0. The highest BCUT2D eigenvalue weighted by Crippen LogP contribution is 2.05. The van der Waals surface area contributed by atoms with Crippen LogP contribution in [0.4, 0.5) is 0 Å². The van der Waals surface area contributed by atoms with Crippen molar-refractivity contribution < 1.29 is 4.79 Å². The molecule has 0 atom stereocenters. The molecule has 0 amide bonds. The van der Waals surface area contributed by atoms with Crippen LogP contribution in [0.3, 0.4) is 0 Å². The number of rotatable bonds is 5. The van der Waals surface area contributed by atoms with Gasteiger partial charge in [0, 0.05) is 24.6 Å². The van der Waals surface area contributed by atoms with Gasteiger partial charge < -0.3 is 5.32 Å². The summed E-state index contributed by atoms with van der Waals surface area (Å²) in [6, 6.07) is 8.18. The van der Waals surface area contributed by atoms with Crippen molar-refractivity contribution in [1.29, 1.82) is 0 Å². The third-order valence-corrected chi connectivity index (χ3v) is 2.28. The number of carbonyl (C=O) groups excluding carboxylic acids is 1. The fourth-order valence-electron chi connectivity index (χ4n) is 1.36. The second-order valence-corrected chi connectivity index (χ2v) is 4.15. The van der Waals surface area contributed by atoms with Crippen molar-refractivity contribution in [3.8, 4) is 0 Å². The Bertz CT molecular complexity index is 319. The van der Waals surface area contributed by atoms with Gasteiger partial charge in [-0.3, -0.25) is 4.79 Å². The minimum absolute atomic E-state index is 0. The lowest BCUT2D eigenvalue weighted by atomic mass is 10.1. The summed E-state index contributed by atoms with van der Waals surface area (Å²) in [5.74, 6) is 0.211. The molecule has 1 rings (SSSR count). The van der Waals surface area contributed by atoms with Gasteiger partial charge in [0.1, 0.15) is 0 Å². The van der Waals surface area contributed by atoms with Crippen LogP contribution in [0.2, 0.25) is 0 Å². The van der Waals surface area contributed by atoms with Crippen LogP contribution < -0.4 is 5.32 Å². The van der Waals surface area contributed by atoms with Crippen LogP contribution in [0.5, 0.6) is 0 Å². The molecule has 16 heavy (non-hydrogen) atoms. The first-order valence-corrected chi connectivity index (χ1v) is 5.43. The third-order valence-electron chi connectivity index (χ3n) is 2.28. The first-order valence-electron chi connectivity index (χ1n) is 5.43. The van der Waals surface area contributed by atoms with Gasteiger partial charge in [0.15, 0.2) is 5.78 Å². The second-order valence-electron chi connectivity index (χ2n) is 4.15. The van der Waals surface area contributed by atoms with Gasteiger partial charge in [-0.25, -0.2) is 0 Å². The summed E-state index contributed by atoms with van der Waals surface area (Å²) in [5.41, 5.74) is 2.00. The Balaban J connectivity index is 0.00000225. The molecule has 0 aliphatic heterocycles. The average Bonchev–Trinajstić information content (AvgIpc) is 2.18. The molecular weight excluding hydrogens is 222 g/mol. The molecule has 0 saturated carbocycles. The van der Waals surface area contributed by atoms with E-state index in [1.807, 2.05) is 31.2 Å². The number of Topliss-reactive ketones (excluding diaryl/α,β-unsaturated/α-hetero) is 1. The predicted molar refractivity (Wildman–Crippen MR) is 70.5 cm³/mol. The van der Waals surface area contributed by atoms with Gasteiger partial charge in [0.25, 0.3) is 0 Å². The van der Waals surface area contributed by atoms with E-state index in [1.165, 1.54) is 5.56 Å². The van der Waals surface area contributed by atoms with E-state index in [0.29, 0.717) is 12.5 Å². The molecule has 0 bridgehead atoms. The van der Waals surface area contributed by atoms with Gasteiger partial charge in [-0.05, 0) is 6.92 Å². The molecule has 0 aliphatic rings. The first kappa shape index (κ1) is 15.1. The van der Waals surface area contributed by atoms with Crippen molar-refractivity contribution in [2.24, 2.45) is 0 Å². The molecule has 0 radical (unpaired) electrons. The van der Waals surface area contributed by atoms with Crippen LogP contribution in [0, 0.1) is 6.92 Å². The molecule has 90 valence electrons. The van der Waals surface area contributed by atoms with E-state index in [4.69, 9.17) is 0 Å². The Hall–Kier alpha value is -0.860. The standard InChI is InChI=1S/C13H19NO.ClH/c1-10(2)14-9-8-13(15)12-6-4-11(3)5-7-12;/h4-7,10,14H,8-9H2,1-3H3;1H. The van der Waals surface area contributed by atoms with Crippen LogP contribution >= 0.6 is 12.4 Å². The zero-order valence-corrected chi connectivity index (χ0v) is 10.9. The fraction of sp³-hybridized carbons (Fsp3) is 0.462. The van der Waals surface area contributed by atoms with Gasteiger partial charge in [-0.15, -0.1) is 12.4 Å². The Labute approximate surface area is 104 Å². The Morgan fingerprint density at radius 1 is 1.25 bits per heavy atom. The maximum atomic E-state index is 11.7. The van der Waals surface area contributed by atoms with Crippen molar-refractivity contribution in [2.45, 2.75) is 33.2 Å². The molecule has 1 N–H and O–H groups in total. The molecule has 1 aromatic carbocycles. The fourth-order valence-corrected chi connectivity index (χ4v) is 1.36. The molecule has 0 aliphatic carbocycles. The minimum Gasteiger partial charge on any atom is -0.314 e. The van der Waals surface area contributed by atoms with Crippen molar-refractivity contribution in [3.63, 3.8) is 0 Å². The maximum Gasteiger partial charge on any atom is 0.164 e. The Morgan fingerprint density at radius 3 is 2.31 bits per heavy atom. The molecule has 0 fully saturated rings. The van der Waals surface area contributed by atoms with Crippen molar-refractivity contribution >= 4 is 18.2 Å². The van der Waals surface area contributed by atoms with Crippen molar-refractivity contribution in [3.05, 3.63) is 35.4 Å². The number of benzene rings is 1. The topological polar surface area (TPSA) is 29.1 Å². The monoisotopic (exact) mass is 241 g/mol. The summed E-state index contributed by atoms with van der Waals surface area (Å²) in [6.45, 7) is 6.94. The summed E-state index contributed by atoms with van der Waals surface area (Å²) in [6.07, 6.45) is 0.571. The number of hydrogen-bond acceptors (Lipinski definition) is 2. The smallest absolute Gasteiger partial charge is 0.164 e. The number of nitrogens with one attached hydrogen (secondary N) is 1. The summed E-state index contributed by atoms with van der Waals surface area (Å²) >= 11 is 0. The van der Waals surface area contributed by atoms with Crippen molar-refractivity contribution in [2.75, 3.05) is 6.54 Å². The zero-order chi connectivity index (χ0) is 11.3. The average molecular weight is 242 g/mol. The van der Waals surface area contributed by atoms with Gasteiger partial charge in [-0.2, -0.15) is 0 Å². The number of ketones is 1. The Kier molecular flexibility index (Phi) is 7.02. The molecule has 0 aromatic heterocycles. The number of halogens is 1. The van der Waals surface area contributed by atoms with Gasteiger partial charge >= 0.3 is 0 Å². The molecule has 1 aromatic rings. The molecular formula is C13H20ClNO. The van der Waals surface area contributed by atoms with E-state index >= 15 is 0 Å². The highest BCUT2D eigenvalue weighted by Gasteiger charge is 2.04. The molecule has 0 heterocycles. The lowest BCUT2D eigenvalue weighted by Crippen LogP contribution is -2.25. The SMILES string of the molecule is Cc1ccc(C(=O)CCNC(C)C)cc1.Cl. The predicted octanol–water partition coefficient (Wildman–Crippen LogP) is 2.99. The normalized spacial score (nSPS) is 10.0. The summed E-state index contributed by atoms with van der Waals surface area (Å²) in [7, 11) is 0. The third kappa shape index (κ3) is 5.29. The highest BCUT2D eigenvalue weighted by atomic mass is 35.5. The summed E-state index contributed by atoms with van der Waals surface area (Å²) in [5, 5.41) is 3.24. The highest BCUT2D eigenvalue weighted by molar-refractivity contribution is 5.96. The zero-order valence-electron chi connectivity index (χ0n) is 10.1. The second kappa shape index (κ2) is 7.42. The van der Waals surface area contributed by atoms with Crippen LogP contribution in [-0.2, 0) is 0 Å². The molecule has 0 unspecified atom stereocenters. The molecule has 0 saturated heterocycles. The first-order chi connectivity index (χ1) is 7.09. The number of aryl methyl sites for hydroxylation is 1. The van der Waals surface area contributed by atoms with Crippen LogP contribution in [0.1, 0.15) is 36.2 Å². The quantitative estimate of drug-likeness (QED) is 0.803. The van der Waals surface area contributed by atoms with E-state index in [-0.39, 0.29) is 18.2 Å². The van der Waals surface area contributed by atoms with E-state index in [2.05, 4.69) is 19.2 Å². The van der Waals surface area contributed by atoms with Crippen molar-refractivity contribution in [1.82, 2.24) is 5.32 Å². The number of hydrogen-bond donors (Lipinski definition) is 1. The molecule has 2 nitrogen and oxygen atoms in total. The maximum absolute atomic E-state index is 11.7. The van der Waals surface area contributed by atoms with Gasteiger partial charge in [0.2, 0.25) is 0 Å². The van der Waals surface area contributed by atoms with Crippen LogP contribution in [-0.4, -0.2) is 18.4 Å². The molecule has 0 spiro atoms. The van der Waals surface area contributed by atoms with Crippen LogP contribution in [0.15, 0.2) is 24.3 Å². The number of carbonyl (C=O) groups is 1. The van der Waals surface area contributed by atoms with E-state index in [9.17, 15) is 4.79 Å². The lowest BCUT2D eigenvalue weighted by molar-refractivity contribution is 0.0982. The van der Waals surface area contributed by atoms with E-state index < -0.39 is 0 Å². The molecule has 3 heteroatoms. The Morgan fingerprint density at radius 2 is 1.81 bits per heavy atom. The lowest BCUT2D eigenvalue weighted by Gasteiger charge is -2.07. The van der Waals surface area contributed by atoms with E-state index in [0.717, 1.165) is 12.1 Å².